The number of hydrogen-bond acceptors (Lipinski definition) is 6. The minimum atomic E-state index is -0.0840. The molecule has 0 bridgehead atoms. The summed E-state index contributed by atoms with van der Waals surface area (Å²) in [7, 11) is 3.49. The number of carbonyl (C=O) groups is 2. The predicted octanol–water partition coefficient (Wildman–Crippen LogP) is 2.47. The fourth-order valence-electron chi connectivity index (χ4n) is 2.81. The predicted molar refractivity (Wildman–Crippen MR) is 102 cm³/mol. The van der Waals surface area contributed by atoms with Gasteiger partial charge < -0.3 is 14.2 Å². The Kier molecular flexibility index (Phi) is 5.79. The molecular formula is C17H21BrN4O3S. The number of aryl methyl sites for hydroxylation is 1. The number of carbonyl (C=O) groups excluding carboxylic acids is 2. The summed E-state index contributed by atoms with van der Waals surface area (Å²) in [6.07, 6.45) is 0. The fourth-order valence-corrected chi connectivity index (χ4v) is 4.24. The Labute approximate surface area is 164 Å². The van der Waals surface area contributed by atoms with Gasteiger partial charge in [0.2, 0.25) is 0 Å². The Morgan fingerprint density at radius 3 is 2.54 bits per heavy atom. The molecule has 0 spiro atoms. The quantitative estimate of drug-likeness (QED) is 0.729. The average Bonchev–Trinajstić information content (AvgIpc) is 3.20. The molecule has 0 atom stereocenters. The third-order valence-corrected chi connectivity index (χ3v) is 5.80. The largest absolute Gasteiger partial charge is 0.444 e. The molecule has 140 valence electrons. The number of aromatic nitrogens is 1. The number of halogens is 1. The Bertz CT molecular complexity index is 809. The molecule has 9 heteroatoms. The Morgan fingerprint density at radius 2 is 1.96 bits per heavy atom. The molecule has 1 aliphatic rings. The van der Waals surface area contributed by atoms with E-state index < -0.39 is 0 Å². The molecule has 0 unspecified atom stereocenters. The molecule has 0 aromatic carbocycles. The highest BCUT2D eigenvalue weighted by atomic mass is 79.9. The lowest BCUT2D eigenvalue weighted by atomic mass is 10.3. The van der Waals surface area contributed by atoms with Crippen LogP contribution in [0.2, 0.25) is 0 Å². The number of rotatable bonds is 4. The summed E-state index contributed by atoms with van der Waals surface area (Å²) < 4.78 is 5.90. The molecule has 0 aliphatic carbocycles. The van der Waals surface area contributed by atoms with E-state index in [9.17, 15) is 9.59 Å². The molecule has 2 aromatic rings. The monoisotopic (exact) mass is 440 g/mol. The lowest BCUT2D eigenvalue weighted by Gasteiger charge is -2.33. The number of nitrogens with zero attached hydrogens (tertiary/aromatic N) is 4. The van der Waals surface area contributed by atoms with Crippen molar-refractivity contribution >= 4 is 39.1 Å². The lowest BCUT2D eigenvalue weighted by molar-refractivity contribution is 0.0596. The van der Waals surface area contributed by atoms with Gasteiger partial charge in [0.05, 0.1) is 12.2 Å². The normalized spacial score (nSPS) is 15.3. The van der Waals surface area contributed by atoms with E-state index in [0.29, 0.717) is 34.9 Å². The SMILES string of the molecule is Cc1nc(CN2CCN(C(=O)c3ccc(Br)o3)CC2)sc1C(=O)N(C)C. The zero-order valence-electron chi connectivity index (χ0n) is 15.0. The van der Waals surface area contributed by atoms with Crippen molar-refractivity contribution in [1.82, 2.24) is 19.7 Å². The molecule has 1 aliphatic heterocycles. The van der Waals surface area contributed by atoms with Crippen molar-refractivity contribution in [2.24, 2.45) is 0 Å². The van der Waals surface area contributed by atoms with Crippen LogP contribution >= 0.6 is 27.3 Å². The van der Waals surface area contributed by atoms with E-state index in [1.54, 1.807) is 36.0 Å². The molecule has 2 aromatic heterocycles. The summed E-state index contributed by atoms with van der Waals surface area (Å²) in [5.74, 6) is 0.262. The van der Waals surface area contributed by atoms with Gasteiger partial charge in [-0.1, -0.05) is 0 Å². The van der Waals surface area contributed by atoms with Crippen molar-refractivity contribution in [1.29, 1.82) is 0 Å². The van der Waals surface area contributed by atoms with Crippen molar-refractivity contribution in [2.75, 3.05) is 40.3 Å². The van der Waals surface area contributed by atoms with Crippen LogP contribution in [0.1, 0.15) is 30.9 Å². The Morgan fingerprint density at radius 1 is 1.27 bits per heavy atom. The van der Waals surface area contributed by atoms with Crippen LogP contribution < -0.4 is 0 Å². The maximum absolute atomic E-state index is 12.4. The highest BCUT2D eigenvalue weighted by molar-refractivity contribution is 9.10. The molecule has 0 saturated carbocycles. The van der Waals surface area contributed by atoms with Crippen molar-refractivity contribution in [3.63, 3.8) is 0 Å². The van der Waals surface area contributed by atoms with Gasteiger partial charge in [0.1, 0.15) is 9.88 Å². The van der Waals surface area contributed by atoms with Gasteiger partial charge in [-0.15, -0.1) is 11.3 Å². The number of hydrogen-bond donors (Lipinski definition) is 0. The van der Waals surface area contributed by atoms with E-state index in [1.165, 1.54) is 11.3 Å². The van der Waals surface area contributed by atoms with Crippen LogP contribution in [0.25, 0.3) is 0 Å². The van der Waals surface area contributed by atoms with Crippen LogP contribution in [-0.2, 0) is 6.54 Å². The summed E-state index contributed by atoms with van der Waals surface area (Å²) in [5.41, 5.74) is 0.779. The molecule has 7 nitrogen and oxygen atoms in total. The number of thiazole rings is 1. The fraction of sp³-hybridized carbons (Fsp3) is 0.471. The first kappa shape index (κ1) is 19.1. The van der Waals surface area contributed by atoms with Gasteiger partial charge in [-0.05, 0) is 35.0 Å². The van der Waals surface area contributed by atoms with E-state index in [1.807, 2.05) is 6.92 Å². The topological polar surface area (TPSA) is 69.9 Å². The van der Waals surface area contributed by atoms with Crippen molar-refractivity contribution in [2.45, 2.75) is 13.5 Å². The van der Waals surface area contributed by atoms with Gasteiger partial charge in [0.15, 0.2) is 10.4 Å². The molecular weight excluding hydrogens is 420 g/mol. The van der Waals surface area contributed by atoms with Crippen molar-refractivity contribution in [3.05, 3.63) is 38.1 Å². The van der Waals surface area contributed by atoms with E-state index in [4.69, 9.17) is 4.42 Å². The summed E-state index contributed by atoms with van der Waals surface area (Å²) in [6, 6.07) is 3.40. The van der Waals surface area contributed by atoms with Gasteiger partial charge in [-0.2, -0.15) is 0 Å². The standard InChI is InChI=1S/C17H21BrN4O3S/c1-11-15(17(24)20(2)3)26-14(19-11)10-21-6-8-22(9-7-21)16(23)12-4-5-13(18)25-12/h4-5H,6-10H2,1-3H3. The van der Waals surface area contributed by atoms with Crippen molar-refractivity contribution < 1.29 is 14.0 Å². The second-order valence-electron chi connectivity index (χ2n) is 6.39. The van der Waals surface area contributed by atoms with Crippen LogP contribution in [0.4, 0.5) is 0 Å². The van der Waals surface area contributed by atoms with Crippen LogP contribution in [0.15, 0.2) is 21.2 Å². The summed E-state index contributed by atoms with van der Waals surface area (Å²) >= 11 is 4.67. The number of piperazine rings is 1. The molecule has 0 N–H and O–H groups in total. The van der Waals surface area contributed by atoms with Crippen LogP contribution in [-0.4, -0.2) is 71.8 Å². The minimum absolute atomic E-state index is 0.00808. The van der Waals surface area contributed by atoms with Gasteiger partial charge in [0.25, 0.3) is 11.8 Å². The number of amides is 2. The average molecular weight is 441 g/mol. The molecule has 2 amide bonds. The Hall–Kier alpha value is -1.71. The second-order valence-corrected chi connectivity index (χ2v) is 8.26. The first-order chi connectivity index (χ1) is 12.3. The highest BCUT2D eigenvalue weighted by Gasteiger charge is 2.25. The maximum atomic E-state index is 12.4. The maximum Gasteiger partial charge on any atom is 0.289 e. The minimum Gasteiger partial charge on any atom is -0.444 e. The summed E-state index contributed by atoms with van der Waals surface area (Å²) in [4.78, 5) is 35.4. The summed E-state index contributed by atoms with van der Waals surface area (Å²) in [6.45, 7) is 5.39. The molecule has 3 rings (SSSR count). The Balaban J connectivity index is 1.57. The molecule has 3 heterocycles. The third kappa shape index (κ3) is 4.16. The van der Waals surface area contributed by atoms with Gasteiger partial charge in [-0.25, -0.2) is 4.98 Å². The first-order valence-electron chi connectivity index (χ1n) is 8.30. The van der Waals surface area contributed by atoms with Crippen LogP contribution in [0, 0.1) is 6.92 Å². The zero-order valence-corrected chi connectivity index (χ0v) is 17.4. The molecule has 1 saturated heterocycles. The van der Waals surface area contributed by atoms with Gasteiger partial charge >= 0.3 is 0 Å². The highest BCUT2D eigenvalue weighted by Crippen LogP contribution is 2.22. The van der Waals surface area contributed by atoms with Gasteiger partial charge in [-0.3, -0.25) is 14.5 Å². The van der Waals surface area contributed by atoms with E-state index in [-0.39, 0.29) is 11.8 Å². The second kappa shape index (κ2) is 7.89. The molecule has 0 radical (unpaired) electrons. The molecule has 1 fully saturated rings. The van der Waals surface area contributed by atoms with E-state index in [0.717, 1.165) is 23.8 Å². The number of furan rings is 1. The van der Waals surface area contributed by atoms with E-state index >= 15 is 0 Å². The lowest BCUT2D eigenvalue weighted by Crippen LogP contribution is -2.48. The zero-order chi connectivity index (χ0) is 18.8. The van der Waals surface area contributed by atoms with Crippen LogP contribution in [0.3, 0.4) is 0 Å². The van der Waals surface area contributed by atoms with Crippen LogP contribution in [0.5, 0.6) is 0 Å². The third-order valence-electron chi connectivity index (χ3n) is 4.24. The summed E-state index contributed by atoms with van der Waals surface area (Å²) in [5, 5.41) is 0.933. The smallest absolute Gasteiger partial charge is 0.289 e. The van der Waals surface area contributed by atoms with E-state index in [2.05, 4.69) is 25.8 Å². The van der Waals surface area contributed by atoms with Crippen molar-refractivity contribution in [3.8, 4) is 0 Å². The van der Waals surface area contributed by atoms with Gasteiger partial charge in [0, 0.05) is 40.3 Å². The first-order valence-corrected chi connectivity index (χ1v) is 9.91. The molecule has 26 heavy (non-hydrogen) atoms.